The SMILES string of the molecule is C.C.C.C.C.C.[No].[No].[No].[No].[No].[No].[No].[No]. The number of hydrogen-bond acceptors (Lipinski definition) is 0. The van der Waals surface area contributed by atoms with Gasteiger partial charge in [0.2, 0.25) is 0 Å². The van der Waals surface area contributed by atoms with Gasteiger partial charge in [0.05, 0.1) is 0 Å². The monoisotopic (exact) mass is 2170 g/mol. The maximum absolute atomic E-state index is 0. The largest absolute Gasteiger partial charge is 0.0776 e. The Labute approximate surface area is 45.6 Å². The van der Waals surface area contributed by atoms with Gasteiger partial charge in [0, 0.05) is 0 Å². The third-order valence-electron chi connectivity index (χ3n) is 0. The van der Waals surface area contributed by atoms with Gasteiger partial charge in [-0.15, -0.1) is 0 Å². The van der Waals surface area contributed by atoms with Crippen LogP contribution in [0.3, 0.4) is 0 Å². The van der Waals surface area contributed by atoms with Crippen molar-refractivity contribution in [3.8, 4) is 0 Å². The molecule has 0 saturated carbocycles. The molecule has 0 heterocycles. The Hall–Kier alpha value is -8.00. The smallest absolute Gasteiger partial charge is 0 e. The number of rotatable bonds is 0. The fraction of sp³-hybridized carbons (Fsp3) is 1.00. The fourth-order valence-electron chi connectivity index (χ4n) is 0. The van der Waals surface area contributed by atoms with Crippen molar-refractivity contribution in [2.75, 3.05) is 0 Å². The third kappa shape index (κ3) is 0.562. The molecule has 0 saturated heterocycles. The summed E-state index contributed by atoms with van der Waals surface area (Å²) in [6.45, 7) is 0. The molecule has 0 fully saturated rings. The molecule has 0 atom stereocenters. The summed E-state index contributed by atoms with van der Waals surface area (Å²) in [6, 6.07) is 0. The maximum Gasteiger partial charge on any atom is 0 e. The van der Waals surface area contributed by atoms with E-state index in [-0.39, 0.29) is 44.6 Å². The van der Waals surface area contributed by atoms with Crippen LogP contribution in [0.25, 0.3) is 0 Å². The molecule has 0 aliphatic heterocycles. The van der Waals surface area contributed by atoms with Gasteiger partial charge in [-0.2, -0.15) is 0 Å². The molecule has 0 unspecified atom stereocenters. The van der Waals surface area contributed by atoms with E-state index in [4.69, 9.17) is 0 Å². The van der Waals surface area contributed by atoms with Crippen molar-refractivity contribution in [3.05, 3.63) is 0 Å². The van der Waals surface area contributed by atoms with Crippen LogP contribution in [-0.2, 0) is 0 Å². The van der Waals surface area contributed by atoms with Crippen molar-refractivity contribution in [1.82, 2.24) is 0 Å². The molecule has 0 aliphatic carbocycles. The van der Waals surface area contributed by atoms with Crippen molar-refractivity contribution in [2.45, 2.75) is 44.6 Å². The van der Waals surface area contributed by atoms with Crippen LogP contribution in [0.5, 0.6) is 0 Å². The van der Waals surface area contributed by atoms with Crippen LogP contribution in [0.15, 0.2) is 0 Å². The molecule has 0 spiro atoms. The Morgan fingerprint density at radius 3 is 0.143 bits per heavy atom. The van der Waals surface area contributed by atoms with E-state index >= 15 is 0 Å². The molecule has 0 bridgehead atoms. The predicted octanol–water partition coefficient (Wildman–Crippen LogP) is 3.82. The van der Waals surface area contributed by atoms with Crippen molar-refractivity contribution in [1.29, 1.82) is 0 Å². The van der Waals surface area contributed by atoms with Crippen LogP contribution in [-0.4, -0.2) is 0 Å². The standard InChI is InChI=1S/6CH4.8No/h6*1H4;;;;;;;;. The quantitative estimate of drug-likeness (QED) is 0.347. The van der Waals surface area contributed by atoms with Gasteiger partial charge in [-0.3, -0.25) is 0 Å². The van der Waals surface area contributed by atoms with E-state index in [2.05, 4.69) is 0 Å². The minimum absolute atomic E-state index is 0. The molecule has 0 N–H and O–H groups in total. The average Bonchev–Trinajstić information content (AvgIpc) is 0. The van der Waals surface area contributed by atoms with Crippen molar-refractivity contribution < 1.29 is 0 Å². The number of hydrogen-bond donors (Lipinski definition) is 0. The van der Waals surface area contributed by atoms with Crippen LogP contribution < -0.4 is 0 Å². The summed E-state index contributed by atoms with van der Waals surface area (Å²) >= 11 is 0. The zero-order valence-corrected chi connectivity index (χ0v) is 19.9. The van der Waals surface area contributed by atoms with Crippen molar-refractivity contribution >= 4 is 0 Å². The van der Waals surface area contributed by atoms with Gasteiger partial charge in [-0.05, 0) is 0 Å². The van der Waals surface area contributed by atoms with Gasteiger partial charge in [0.25, 0.3) is 0 Å². The molecule has 0 aromatic rings. The zero-order chi connectivity index (χ0) is 0. The van der Waals surface area contributed by atoms with Gasteiger partial charge in [0.1, 0.15) is 0 Å². The molecular formula is C6H24No8. The van der Waals surface area contributed by atoms with Crippen LogP contribution >= 0.6 is 0 Å². The summed E-state index contributed by atoms with van der Waals surface area (Å²) < 4.78 is 0. The van der Waals surface area contributed by atoms with E-state index in [0.29, 0.717) is 0 Å². The minimum atomic E-state index is 0. The van der Waals surface area contributed by atoms with E-state index < -0.39 is 0 Å². The second-order valence-corrected chi connectivity index (χ2v) is 0. The molecule has 0 nitrogen and oxygen atoms in total. The van der Waals surface area contributed by atoms with E-state index in [1.165, 1.54) is 0 Å². The van der Waals surface area contributed by atoms with Crippen LogP contribution in [0.1, 0.15) is 44.6 Å². The summed E-state index contributed by atoms with van der Waals surface area (Å²) in [5, 5.41) is 0. The Morgan fingerprint density at radius 2 is 0.143 bits per heavy atom. The summed E-state index contributed by atoms with van der Waals surface area (Å²) in [4.78, 5) is 0. The topological polar surface area (TPSA) is 0 Å². The molecule has 0 amide bonds. The first kappa shape index (κ1) is 2.34. The van der Waals surface area contributed by atoms with Crippen LogP contribution in [0.4, 0.5) is 0 Å². The summed E-state index contributed by atoms with van der Waals surface area (Å²) in [7, 11) is 0. The molecule has 0 aromatic carbocycles. The first-order valence-electron chi connectivity index (χ1n) is 0. The molecule has 0 radical (unpaired) electrons. The molecule has 14 heavy (non-hydrogen) atoms. The first-order chi connectivity index (χ1) is 0. The maximum atomic E-state index is 0. The molecule has 160 valence electrons. The summed E-state index contributed by atoms with van der Waals surface area (Å²) in [5.41, 5.74) is 0. The van der Waals surface area contributed by atoms with Gasteiger partial charge in [-0.25, -0.2) is 0 Å². The fourth-order valence-corrected chi connectivity index (χ4v) is 0. The third-order valence-corrected chi connectivity index (χ3v) is 0. The predicted molar refractivity (Wildman–Crippen MR) is 40.4 cm³/mol. The molecular weight excluding hydrogens is 2140 g/mol. The Balaban J connectivity index is 0. The second-order valence-electron chi connectivity index (χ2n) is 0. The van der Waals surface area contributed by atoms with Crippen molar-refractivity contribution in [3.63, 3.8) is 0 Å². The Morgan fingerprint density at radius 1 is 0.143 bits per heavy atom. The van der Waals surface area contributed by atoms with Gasteiger partial charge < -0.3 is 0 Å². The summed E-state index contributed by atoms with van der Waals surface area (Å²) in [5.74, 6) is 0. The van der Waals surface area contributed by atoms with E-state index in [0.717, 1.165) is 0 Å². The minimum Gasteiger partial charge on any atom is -0.0776 e. The second kappa shape index (κ2) is 1.25. The molecule has 0 rings (SSSR count). The van der Waals surface area contributed by atoms with Gasteiger partial charge in [0.15, 0.2) is 0 Å². The van der Waals surface area contributed by atoms with E-state index in [1.54, 1.807) is 0 Å². The summed E-state index contributed by atoms with van der Waals surface area (Å²) in [6.07, 6.45) is 0. The zero-order valence-electron chi connectivity index (χ0n) is 2.14. The normalized spacial score (nSPS) is 0. The van der Waals surface area contributed by atoms with Crippen LogP contribution in [0.2, 0.25) is 0 Å². The van der Waals surface area contributed by atoms with Crippen molar-refractivity contribution in [2.24, 2.45) is 0 Å². The molecule has 8 heteroatoms. The van der Waals surface area contributed by atoms with E-state index in [9.17, 15) is 0 Å². The first-order valence-corrected chi connectivity index (χ1v) is 0. The average molecular weight is 2170 g/mol. The Kier molecular flexibility index (Phi) is 0.209. The Bertz CT molecular complexity index is 13.8. The van der Waals surface area contributed by atoms with Gasteiger partial charge in [-0.1, -0.05) is 44.6 Å². The van der Waals surface area contributed by atoms with Gasteiger partial charge >= 0.3 is 0 Å². The van der Waals surface area contributed by atoms with E-state index in [1.807, 2.05) is 0 Å². The molecule has 0 aromatic heterocycles. The van der Waals surface area contributed by atoms with Crippen LogP contribution in [0, 0.1) is 0 Å². The molecule has 0 aliphatic rings.